The van der Waals surface area contributed by atoms with Crippen LogP contribution in [0, 0.1) is 6.92 Å². The summed E-state index contributed by atoms with van der Waals surface area (Å²) in [4.78, 5) is 16.3. The number of imidazole rings is 1. The molecule has 0 aliphatic rings. The Balaban J connectivity index is 1.65. The van der Waals surface area contributed by atoms with Gasteiger partial charge in [-0.1, -0.05) is 19.1 Å². The zero-order chi connectivity index (χ0) is 16.2. The summed E-state index contributed by atoms with van der Waals surface area (Å²) in [6.45, 7) is 4.72. The minimum absolute atomic E-state index is 0.233. The number of nitrogens with zero attached hydrogens (tertiary/aromatic N) is 2. The second kappa shape index (κ2) is 6.52. The highest BCUT2D eigenvalue weighted by atomic mass is 16.3. The van der Waals surface area contributed by atoms with E-state index in [0.717, 1.165) is 35.8 Å². The molecule has 118 valence electrons. The first kappa shape index (κ1) is 15.1. The van der Waals surface area contributed by atoms with Crippen LogP contribution < -0.4 is 5.32 Å². The highest BCUT2D eigenvalue weighted by Crippen LogP contribution is 2.14. The summed E-state index contributed by atoms with van der Waals surface area (Å²) in [7, 11) is 0. The molecule has 0 bridgehead atoms. The van der Waals surface area contributed by atoms with Gasteiger partial charge in [-0.25, -0.2) is 4.98 Å². The third-order valence-corrected chi connectivity index (χ3v) is 3.72. The van der Waals surface area contributed by atoms with Gasteiger partial charge in [0.15, 0.2) is 5.76 Å². The summed E-state index contributed by atoms with van der Waals surface area (Å²) in [6.07, 6.45) is 4.51. The van der Waals surface area contributed by atoms with Gasteiger partial charge in [0.25, 0.3) is 5.91 Å². The molecule has 2 heterocycles. The van der Waals surface area contributed by atoms with Crippen molar-refractivity contribution >= 4 is 11.6 Å². The molecule has 5 nitrogen and oxygen atoms in total. The highest BCUT2D eigenvalue weighted by molar-refractivity contribution is 6.02. The SMILES string of the molecule is CCc1ccc(C(=O)Nc2ccc(Cn3ccnc3C)cc2)o1. The van der Waals surface area contributed by atoms with E-state index in [1.165, 1.54) is 0 Å². The third kappa shape index (κ3) is 3.51. The first-order valence-electron chi connectivity index (χ1n) is 7.62. The summed E-state index contributed by atoms with van der Waals surface area (Å²) in [6, 6.07) is 11.3. The number of hydrogen-bond acceptors (Lipinski definition) is 3. The molecule has 0 fully saturated rings. The molecule has 1 aromatic carbocycles. The summed E-state index contributed by atoms with van der Waals surface area (Å²) >= 11 is 0. The smallest absolute Gasteiger partial charge is 0.291 e. The summed E-state index contributed by atoms with van der Waals surface area (Å²) in [5.74, 6) is 1.89. The van der Waals surface area contributed by atoms with Gasteiger partial charge in [-0.05, 0) is 36.8 Å². The van der Waals surface area contributed by atoms with Gasteiger partial charge in [0.1, 0.15) is 11.6 Å². The summed E-state index contributed by atoms with van der Waals surface area (Å²) in [5.41, 5.74) is 1.89. The third-order valence-electron chi connectivity index (χ3n) is 3.72. The first-order valence-corrected chi connectivity index (χ1v) is 7.62. The molecule has 23 heavy (non-hydrogen) atoms. The number of rotatable bonds is 5. The van der Waals surface area contributed by atoms with Gasteiger partial charge < -0.3 is 14.3 Å². The molecule has 0 unspecified atom stereocenters. The average molecular weight is 309 g/mol. The number of nitrogens with one attached hydrogen (secondary N) is 1. The molecule has 0 spiro atoms. The van der Waals surface area contributed by atoms with Gasteiger partial charge in [-0.2, -0.15) is 0 Å². The lowest BCUT2D eigenvalue weighted by atomic mass is 10.2. The molecule has 0 radical (unpaired) electrons. The van der Waals surface area contributed by atoms with Crippen molar-refractivity contribution in [2.24, 2.45) is 0 Å². The summed E-state index contributed by atoms with van der Waals surface area (Å²) in [5, 5.41) is 2.84. The van der Waals surface area contributed by atoms with Gasteiger partial charge in [0.2, 0.25) is 0 Å². The summed E-state index contributed by atoms with van der Waals surface area (Å²) < 4.78 is 7.52. The number of carbonyl (C=O) groups is 1. The van der Waals surface area contributed by atoms with E-state index >= 15 is 0 Å². The topological polar surface area (TPSA) is 60.1 Å². The lowest BCUT2D eigenvalue weighted by Crippen LogP contribution is -2.11. The second-order valence-electron chi connectivity index (χ2n) is 5.37. The Bertz CT molecular complexity index is 800. The minimum atomic E-state index is -0.233. The van der Waals surface area contributed by atoms with Crippen molar-refractivity contribution in [3.05, 3.63) is 71.7 Å². The van der Waals surface area contributed by atoms with Crippen LogP contribution in [0.4, 0.5) is 5.69 Å². The van der Waals surface area contributed by atoms with E-state index in [0.29, 0.717) is 5.76 Å². The van der Waals surface area contributed by atoms with Crippen molar-refractivity contribution in [1.29, 1.82) is 0 Å². The molecule has 3 aromatic rings. The monoisotopic (exact) mass is 309 g/mol. The van der Waals surface area contributed by atoms with Gasteiger partial charge >= 0.3 is 0 Å². The maximum Gasteiger partial charge on any atom is 0.291 e. The molecule has 3 rings (SSSR count). The predicted octanol–water partition coefficient (Wildman–Crippen LogP) is 3.65. The molecule has 5 heteroatoms. The van der Waals surface area contributed by atoms with Crippen LogP contribution in [0.3, 0.4) is 0 Å². The Morgan fingerprint density at radius 1 is 1.22 bits per heavy atom. The van der Waals surface area contributed by atoms with Crippen molar-refractivity contribution in [2.75, 3.05) is 5.32 Å². The number of amides is 1. The van der Waals surface area contributed by atoms with Crippen molar-refractivity contribution in [3.8, 4) is 0 Å². The van der Waals surface area contributed by atoms with Crippen molar-refractivity contribution in [2.45, 2.75) is 26.8 Å². The molecule has 0 atom stereocenters. The molecular weight excluding hydrogens is 290 g/mol. The molecular formula is C18H19N3O2. The van der Waals surface area contributed by atoms with Crippen LogP contribution in [-0.4, -0.2) is 15.5 Å². The van der Waals surface area contributed by atoms with E-state index in [4.69, 9.17) is 4.42 Å². The van der Waals surface area contributed by atoms with Crippen LogP contribution in [0.5, 0.6) is 0 Å². The Morgan fingerprint density at radius 2 is 2.00 bits per heavy atom. The fourth-order valence-electron chi connectivity index (χ4n) is 2.34. The van der Waals surface area contributed by atoms with Crippen LogP contribution >= 0.6 is 0 Å². The van der Waals surface area contributed by atoms with Crippen LogP contribution in [0.2, 0.25) is 0 Å². The van der Waals surface area contributed by atoms with Gasteiger partial charge in [0, 0.05) is 31.0 Å². The fraction of sp³-hybridized carbons (Fsp3) is 0.222. The Labute approximate surface area is 135 Å². The van der Waals surface area contributed by atoms with E-state index in [1.54, 1.807) is 12.3 Å². The standard InChI is InChI=1S/C18H19N3O2/c1-3-16-8-9-17(23-16)18(22)20-15-6-4-14(5-7-15)12-21-11-10-19-13(21)2/h4-11H,3,12H2,1-2H3,(H,20,22). The molecule has 0 saturated heterocycles. The largest absolute Gasteiger partial charge is 0.456 e. The predicted molar refractivity (Wildman–Crippen MR) is 88.5 cm³/mol. The number of aryl methyl sites for hydroxylation is 2. The van der Waals surface area contributed by atoms with Crippen LogP contribution in [-0.2, 0) is 13.0 Å². The highest BCUT2D eigenvalue weighted by Gasteiger charge is 2.10. The molecule has 2 aromatic heterocycles. The number of aromatic nitrogens is 2. The lowest BCUT2D eigenvalue weighted by molar-refractivity contribution is 0.0995. The zero-order valence-electron chi connectivity index (χ0n) is 13.2. The van der Waals surface area contributed by atoms with Crippen LogP contribution in [0.15, 0.2) is 53.2 Å². The van der Waals surface area contributed by atoms with Crippen LogP contribution in [0.1, 0.15) is 34.6 Å². The maximum atomic E-state index is 12.1. The van der Waals surface area contributed by atoms with E-state index in [1.807, 2.05) is 50.4 Å². The molecule has 1 amide bonds. The number of benzene rings is 1. The van der Waals surface area contributed by atoms with Crippen molar-refractivity contribution in [1.82, 2.24) is 9.55 Å². The molecule has 0 aliphatic carbocycles. The maximum absolute atomic E-state index is 12.1. The van der Waals surface area contributed by atoms with Gasteiger partial charge in [-0.3, -0.25) is 4.79 Å². The number of furan rings is 1. The van der Waals surface area contributed by atoms with E-state index < -0.39 is 0 Å². The number of hydrogen-bond donors (Lipinski definition) is 1. The molecule has 0 aliphatic heterocycles. The second-order valence-corrected chi connectivity index (χ2v) is 5.37. The fourth-order valence-corrected chi connectivity index (χ4v) is 2.34. The lowest BCUT2D eigenvalue weighted by Gasteiger charge is -2.07. The Kier molecular flexibility index (Phi) is 4.28. The molecule has 0 saturated carbocycles. The van der Waals surface area contributed by atoms with Gasteiger partial charge in [0.05, 0.1) is 0 Å². The Morgan fingerprint density at radius 3 is 2.61 bits per heavy atom. The normalized spacial score (nSPS) is 10.7. The first-order chi connectivity index (χ1) is 11.2. The van der Waals surface area contributed by atoms with E-state index in [2.05, 4.69) is 14.9 Å². The number of anilines is 1. The van der Waals surface area contributed by atoms with E-state index in [9.17, 15) is 4.79 Å². The Hall–Kier alpha value is -2.82. The minimum Gasteiger partial charge on any atom is -0.456 e. The van der Waals surface area contributed by atoms with Gasteiger partial charge in [-0.15, -0.1) is 0 Å². The quantitative estimate of drug-likeness (QED) is 0.782. The molecule has 1 N–H and O–H groups in total. The van der Waals surface area contributed by atoms with E-state index in [-0.39, 0.29) is 5.91 Å². The zero-order valence-corrected chi connectivity index (χ0v) is 13.2. The van der Waals surface area contributed by atoms with Crippen molar-refractivity contribution < 1.29 is 9.21 Å². The van der Waals surface area contributed by atoms with Crippen molar-refractivity contribution in [3.63, 3.8) is 0 Å². The van der Waals surface area contributed by atoms with Crippen LogP contribution in [0.25, 0.3) is 0 Å². The number of carbonyl (C=O) groups excluding carboxylic acids is 1. The average Bonchev–Trinajstić information content (AvgIpc) is 3.19.